The number of rotatable bonds is 6. The second kappa shape index (κ2) is 7.43. The van der Waals surface area contributed by atoms with Crippen LogP contribution in [0.4, 0.5) is 0 Å². The van der Waals surface area contributed by atoms with Crippen molar-refractivity contribution in [3.63, 3.8) is 0 Å². The van der Waals surface area contributed by atoms with Crippen molar-refractivity contribution in [2.75, 3.05) is 27.3 Å². The van der Waals surface area contributed by atoms with Gasteiger partial charge >= 0.3 is 0 Å². The lowest BCUT2D eigenvalue weighted by Gasteiger charge is -2.33. The molecule has 18 heavy (non-hydrogen) atoms. The van der Waals surface area contributed by atoms with Gasteiger partial charge in [0.15, 0.2) is 6.29 Å². The van der Waals surface area contributed by atoms with Crippen molar-refractivity contribution in [1.29, 1.82) is 0 Å². The van der Waals surface area contributed by atoms with Crippen LogP contribution in [0.1, 0.15) is 38.5 Å². The van der Waals surface area contributed by atoms with Crippen molar-refractivity contribution in [1.82, 2.24) is 10.6 Å². The van der Waals surface area contributed by atoms with E-state index in [1.165, 1.54) is 45.1 Å². The summed E-state index contributed by atoms with van der Waals surface area (Å²) in [5, 5.41) is 7.35. The normalized spacial score (nSPS) is 33.2. The summed E-state index contributed by atoms with van der Waals surface area (Å²) >= 11 is 0. The molecule has 0 amide bonds. The molecule has 0 radical (unpaired) electrons. The minimum absolute atomic E-state index is 0.120. The highest BCUT2D eigenvalue weighted by Gasteiger charge is 2.34. The molecule has 1 heterocycles. The fourth-order valence-corrected chi connectivity index (χ4v) is 3.48. The summed E-state index contributed by atoms with van der Waals surface area (Å²) in [5.74, 6) is 0.791. The van der Waals surface area contributed by atoms with Crippen LogP contribution in [-0.2, 0) is 9.47 Å². The van der Waals surface area contributed by atoms with E-state index in [-0.39, 0.29) is 6.29 Å². The molecule has 0 bridgehead atoms. The summed E-state index contributed by atoms with van der Waals surface area (Å²) < 4.78 is 10.5. The second-order valence-electron chi connectivity index (χ2n) is 5.57. The topological polar surface area (TPSA) is 42.5 Å². The van der Waals surface area contributed by atoms with Crippen LogP contribution in [0, 0.1) is 5.92 Å². The van der Waals surface area contributed by atoms with Crippen molar-refractivity contribution >= 4 is 0 Å². The van der Waals surface area contributed by atoms with E-state index in [2.05, 4.69) is 10.6 Å². The smallest absolute Gasteiger partial charge is 0.169 e. The third kappa shape index (κ3) is 3.67. The van der Waals surface area contributed by atoms with E-state index in [4.69, 9.17) is 9.47 Å². The first kappa shape index (κ1) is 14.3. The lowest BCUT2D eigenvalue weighted by atomic mass is 9.88. The summed E-state index contributed by atoms with van der Waals surface area (Å²) in [4.78, 5) is 0. The lowest BCUT2D eigenvalue weighted by molar-refractivity contribution is -0.100. The van der Waals surface area contributed by atoms with Crippen LogP contribution in [0.3, 0.4) is 0 Å². The standard InChI is InChI=1S/C14H28N2O2/c1-17-14(18-2)10-16-13-8-5-6-11(13)12-7-3-4-9-15-12/h11-16H,3-10H2,1-2H3. The van der Waals surface area contributed by atoms with Gasteiger partial charge in [0.1, 0.15) is 0 Å². The van der Waals surface area contributed by atoms with E-state index in [9.17, 15) is 0 Å². The van der Waals surface area contributed by atoms with Crippen molar-refractivity contribution in [2.45, 2.75) is 56.9 Å². The molecule has 3 unspecified atom stereocenters. The van der Waals surface area contributed by atoms with E-state index in [0.29, 0.717) is 6.04 Å². The zero-order valence-electron chi connectivity index (χ0n) is 11.8. The Labute approximate surface area is 111 Å². The van der Waals surface area contributed by atoms with Gasteiger partial charge in [-0.3, -0.25) is 0 Å². The summed E-state index contributed by atoms with van der Waals surface area (Å²) in [6.45, 7) is 1.99. The molecule has 0 spiro atoms. The minimum Gasteiger partial charge on any atom is -0.355 e. The molecule has 4 heteroatoms. The van der Waals surface area contributed by atoms with Gasteiger partial charge < -0.3 is 20.1 Å². The lowest BCUT2D eigenvalue weighted by Crippen LogP contribution is -2.48. The number of piperidine rings is 1. The Kier molecular flexibility index (Phi) is 5.89. The molecule has 1 aliphatic heterocycles. The number of methoxy groups -OCH3 is 2. The molecular weight excluding hydrogens is 228 g/mol. The predicted octanol–water partition coefficient (Wildman–Crippen LogP) is 1.51. The third-order valence-corrected chi connectivity index (χ3v) is 4.51. The zero-order chi connectivity index (χ0) is 12.8. The Bertz CT molecular complexity index is 228. The summed E-state index contributed by atoms with van der Waals surface area (Å²) in [6, 6.07) is 1.36. The van der Waals surface area contributed by atoms with E-state index < -0.39 is 0 Å². The SMILES string of the molecule is COC(CNC1CCCC1C1CCCCN1)OC. The Morgan fingerprint density at radius 2 is 1.94 bits per heavy atom. The van der Waals surface area contributed by atoms with Gasteiger partial charge in [0, 0.05) is 32.8 Å². The van der Waals surface area contributed by atoms with E-state index >= 15 is 0 Å². The highest BCUT2D eigenvalue weighted by Crippen LogP contribution is 2.31. The maximum absolute atomic E-state index is 5.24. The minimum atomic E-state index is -0.120. The Morgan fingerprint density at radius 3 is 2.61 bits per heavy atom. The second-order valence-corrected chi connectivity index (χ2v) is 5.57. The maximum atomic E-state index is 5.24. The van der Waals surface area contributed by atoms with Crippen molar-refractivity contribution in [3.05, 3.63) is 0 Å². The molecule has 1 saturated heterocycles. The molecule has 0 aromatic carbocycles. The molecule has 1 aliphatic carbocycles. The number of hydrogen-bond acceptors (Lipinski definition) is 4. The molecule has 2 aliphatic rings. The molecule has 1 saturated carbocycles. The quantitative estimate of drug-likeness (QED) is 0.707. The molecule has 2 N–H and O–H groups in total. The van der Waals surface area contributed by atoms with Gasteiger partial charge in [-0.25, -0.2) is 0 Å². The highest BCUT2D eigenvalue weighted by molar-refractivity contribution is 4.92. The Balaban J connectivity index is 1.79. The average molecular weight is 256 g/mol. The fourth-order valence-electron chi connectivity index (χ4n) is 3.48. The largest absolute Gasteiger partial charge is 0.355 e. The first-order chi connectivity index (χ1) is 8.85. The van der Waals surface area contributed by atoms with Crippen LogP contribution in [0.5, 0.6) is 0 Å². The Morgan fingerprint density at radius 1 is 1.11 bits per heavy atom. The molecule has 4 nitrogen and oxygen atoms in total. The molecule has 0 aromatic rings. The highest BCUT2D eigenvalue weighted by atomic mass is 16.7. The van der Waals surface area contributed by atoms with Crippen molar-refractivity contribution in [2.24, 2.45) is 5.92 Å². The van der Waals surface area contributed by atoms with Crippen LogP contribution in [0.2, 0.25) is 0 Å². The van der Waals surface area contributed by atoms with Crippen molar-refractivity contribution < 1.29 is 9.47 Å². The molecule has 2 rings (SSSR count). The van der Waals surface area contributed by atoms with Crippen LogP contribution in [-0.4, -0.2) is 45.7 Å². The molecule has 0 aromatic heterocycles. The van der Waals surface area contributed by atoms with E-state index in [0.717, 1.165) is 18.5 Å². The van der Waals surface area contributed by atoms with Crippen molar-refractivity contribution in [3.8, 4) is 0 Å². The maximum Gasteiger partial charge on any atom is 0.169 e. The number of hydrogen-bond donors (Lipinski definition) is 2. The predicted molar refractivity (Wildman–Crippen MR) is 72.6 cm³/mol. The van der Waals surface area contributed by atoms with Gasteiger partial charge in [-0.15, -0.1) is 0 Å². The van der Waals surface area contributed by atoms with Crippen LogP contribution in [0.15, 0.2) is 0 Å². The van der Waals surface area contributed by atoms with Crippen LogP contribution >= 0.6 is 0 Å². The van der Waals surface area contributed by atoms with Gasteiger partial charge in [-0.1, -0.05) is 12.8 Å². The summed E-state index contributed by atoms with van der Waals surface area (Å²) in [6.07, 6.45) is 7.97. The van der Waals surface area contributed by atoms with Gasteiger partial charge in [0.2, 0.25) is 0 Å². The van der Waals surface area contributed by atoms with Gasteiger partial charge in [-0.05, 0) is 38.1 Å². The number of ether oxygens (including phenoxy) is 2. The Hall–Kier alpha value is -0.160. The first-order valence-corrected chi connectivity index (χ1v) is 7.37. The number of nitrogens with one attached hydrogen (secondary N) is 2. The zero-order valence-corrected chi connectivity index (χ0v) is 11.8. The van der Waals surface area contributed by atoms with Gasteiger partial charge in [0.05, 0.1) is 0 Å². The fraction of sp³-hybridized carbons (Fsp3) is 1.00. The van der Waals surface area contributed by atoms with Gasteiger partial charge in [-0.2, -0.15) is 0 Å². The molecule has 2 fully saturated rings. The third-order valence-electron chi connectivity index (χ3n) is 4.51. The average Bonchev–Trinajstić information content (AvgIpc) is 2.89. The summed E-state index contributed by atoms with van der Waals surface area (Å²) in [5.41, 5.74) is 0. The van der Waals surface area contributed by atoms with Gasteiger partial charge in [0.25, 0.3) is 0 Å². The molecule has 3 atom stereocenters. The molecule has 106 valence electrons. The van der Waals surface area contributed by atoms with Crippen LogP contribution < -0.4 is 10.6 Å². The first-order valence-electron chi connectivity index (χ1n) is 7.37. The van der Waals surface area contributed by atoms with E-state index in [1.54, 1.807) is 14.2 Å². The summed E-state index contributed by atoms with van der Waals surface area (Å²) in [7, 11) is 3.40. The van der Waals surface area contributed by atoms with Crippen LogP contribution in [0.25, 0.3) is 0 Å². The molecular formula is C14H28N2O2. The van der Waals surface area contributed by atoms with E-state index in [1.807, 2.05) is 0 Å². The monoisotopic (exact) mass is 256 g/mol.